The molecule has 0 bridgehead atoms. The van der Waals surface area contributed by atoms with Crippen molar-refractivity contribution in [3.8, 4) is 11.1 Å². The average Bonchev–Trinajstić information content (AvgIpc) is 2.90. The maximum atomic E-state index is 12.8. The minimum atomic E-state index is -1.22. The zero-order valence-electron chi connectivity index (χ0n) is 21.2. The van der Waals surface area contributed by atoms with Gasteiger partial charge >= 0.3 is 11.9 Å². The summed E-state index contributed by atoms with van der Waals surface area (Å²) in [4.78, 5) is 48.7. The first kappa shape index (κ1) is 28.4. The van der Waals surface area contributed by atoms with Gasteiger partial charge in [0.1, 0.15) is 0 Å². The normalized spacial score (nSPS) is 10.6. The molecule has 0 unspecified atom stereocenters. The predicted octanol–water partition coefficient (Wildman–Crippen LogP) is 7.18. The van der Waals surface area contributed by atoms with E-state index in [-0.39, 0.29) is 43.7 Å². The maximum absolute atomic E-state index is 12.8. The number of aryl methyl sites for hydroxylation is 2. The lowest BCUT2D eigenvalue weighted by atomic mass is 10.0. The second-order valence-electron chi connectivity index (χ2n) is 9.01. The van der Waals surface area contributed by atoms with Crippen molar-refractivity contribution in [3.63, 3.8) is 0 Å². The van der Waals surface area contributed by atoms with Crippen molar-refractivity contribution in [3.05, 3.63) is 116 Å². The zero-order chi connectivity index (χ0) is 29.1. The van der Waals surface area contributed by atoms with E-state index in [2.05, 4.69) is 10.6 Å². The van der Waals surface area contributed by atoms with Gasteiger partial charge < -0.3 is 20.8 Å². The number of carboxylic acids is 2. The Kier molecular flexibility index (Phi) is 8.23. The Morgan fingerprint density at radius 2 is 0.925 bits per heavy atom. The van der Waals surface area contributed by atoms with Gasteiger partial charge in [0.2, 0.25) is 0 Å². The van der Waals surface area contributed by atoms with E-state index < -0.39 is 23.8 Å². The van der Waals surface area contributed by atoms with Gasteiger partial charge in [0.15, 0.2) is 0 Å². The van der Waals surface area contributed by atoms with E-state index >= 15 is 0 Å². The Balaban J connectivity index is 1.54. The van der Waals surface area contributed by atoms with Gasteiger partial charge in [0.05, 0.1) is 43.7 Å². The van der Waals surface area contributed by atoms with Gasteiger partial charge in [-0.25, -0.2) is 9.59 Å². The van der Waals surface area contributed by atoms with Crippen LogP contribution in [0, 0.1) is 13.8 Å². The number of aromatic carboxylic acids is 2. The van der Waals surface area contributed by atoms with Crippen LogP contribution in [-0.2, 0) is 0 Å². The molecule has 0 aliphatic heterocycles. The number of carbonyl (C=O) groups excluding carboxylic acids is 2. The fourth-order valence-corrected chi connectivity index (χ4v) is 4.49. The van der Waals surface area contributed by atoms with Crippen LogP contribution >= 0.6 is 23.2 Å². The van der Waals surface area contributed by atoms with Gasteiger partial charge in [0.25, 0.3) is 11.8 Å². The standard InChI is InChI=1S/C30H22Cl2N2O6/c1-15-3-7-19(29(37)38)21(11-15)27(35)33-25-9-5-17(13-23(25)31)18-6-10-26(24(32)14-18)34-28(36)22-12-16(2)4-8-20(22)30(39)40/h3-14H,1-2H3,(H,33,35)(H,34,36)(H,37,38)(H,39,40). The van der Waals surface area contributed by atoms with Crippen LogP contribution in [0.5, 0.6) is 0 Å². The summed E-state index contributed by atoms with van der Waals surface area (Å²) in [5, 5.41) is 24.6. The molecule has 40 heavy (non-hydrogen) atoms. The lowest BCUT2D eigenvalue weighted by molar-refractivity contribution is 0.0683. The van der Waals surface area contributed by atoms with E-state index in [0.717, 1.165) is 11.1 Å². The first-order valence-electron chi connectivity index (χ1n) is 11.8. The molecule has 0 fully saturated rings. The minimum absolute atomic E-state index is 0.0122. The molecule has 0 atom stereocenters. The highest BCUT2D eigenvalue weighted by molar-refractivity contribution is 6.35. The number of carboxylic acid groups (broad SMARTS) is 2. The summed E-state index contributed by atoms with van der Waals surface area (Å²) in [5.41, 5.74) is 3.14. The summed E-state index contributed by atoms with van der Waals surface area (Å²) < 4.78 is 0. The third-order valence-corrected chi connectivity index (χ3v) is 6.69. The Morgan fingerprint density at radius 3 is 1.25 bits per heavy atom. The van der Waals surface area contributed by atoms with Crippen molar-refractivity contribution in [2.75, 3.05) is 10.6 Å². The maximum Gasteiger partial charge on any atom is 0.336 e. The number of hydrogen-bond acceptors (Lipinski definition) is 4. The lowest BCUT2D eigenvalue weighted by Crippen LogP contribution is -2.17. The fraction of sp³-hybridized carbons (Fsp3) is 0.0667. The Hall–Kier alpha value is -4.66. The second-order valence-corrected chi connectivity index (χ2v) is 9.82. The molecule has 0 spiro atoms. The van der Waals surface area contributed by atoms with Crippen LogP contribution < -0.4 is 10.6 Å². The number of halogens is 2. The molecule has 4 rings (SSSR count). The molecule has 0 saturated carbocycles. The van der Waals surface area contributed by atoms with Gasteiger partial charge in [0, 0.05) is 0 Å². The largest absolute Gasteiger partial charge is 0.478 e. The number of carbonyl (C=O) groups is 4. The van der Waals surface area contributed by atoms with Crippen molar-refractivity contribution in [2.24, 2.45) is 0 Å². The third kappa shape index (κ3) is 6.14. The van der Waals surface area contributed by atoms with Gasteiger partial charge in [-0.05, 0) is 73.5 Å². The molecule has 0 radical (unpaired) electrons. The van der Waals surface area contributed by atoms with Crippen LogP contribution in [0.25, 0.3) is 11.1 Å². The molecule has 4 aromatic carbocycles. The lowest BCUT2D eigenvalue weighted by Gasteiger charge is -2.13. The van der Waals surface area contributed by atoms with Crippen molar-refractivity contribution in [2.45, 2.75) is 13.8 Å². The smallest absolute Gasteiger partial charge is 0.336 e. The Morgan fingerprint density at radius 1 is 0.550 bits per heavy atom. The van der Waals surface area contributed by atoms with Crippen LogP contribution in [0.2, 0.25) is 10.0 Å². The highest BCUT2D eigenvalue weighted by Crippen LogP contribution is 2.33. The van der Waals surface area contributed by atoms with Gasteiger partial charge in [-0.2, -0.15) is 0 Å². The topological polar surface area (TPSA) is 133 Å². The van der Waals surface area contributed by atoms with Crippen LogP contribution in [0.3, 0.4) is 0 Å². The summed E-state index contributed by atoms with van der Waals surface area (Å²) in [5.74, 6) is -3.66. The summed E-state index contributed by atoms with van der Waals surface area (Å²) in [6.07, 6.45) is 0. The number of rotatable bonds is 7. The molecule has 4 N–H and O–H groups in total. The number of benzene rings is 4. The molecule has 8 nitrogen and oxygen atoms in total. The predicted molar refractivity (Wildman–Crippen MR) is 154 cm³/mol. The molecule has 0 aliphatic rings. The first-order valence-corrected chi connectivity index (χ1v) is 12.6. The highest BCUT2D eigenvalue weighted by atomic mass is 35.5. The summed E-state index contributed by atoms with van der Waals surface area (Å²) in [6, 6.07) is 18.7. The Labute approximate surface area is 239 Å². The van der Waals surface area contributed by atoms with Crippen molar-refractivity contribution >= 4 is 58.3 Å². The van der Waals surface area contributed by atoms with Gasteiger partial charge in [-0.15, -0.1) is 0 Å². The monoisotopic (exact) mass is 576 g/mol. The molecular formula is C30H22Cl2N2O6. The van der Waals surface area contributed by atoms with Crippen LogP contribution in [0.1, 0.15) is 52.6 Å². The number of hydrogen-bond donors (Lipinski definition) is 4. The number of anilines is 2. The molecule has 10 heteroatoms. The van der Waals surface area contributed by atoms with Crippen LogP contribution in [0.4, 0.5) is 11.4 Å². The summed E-state index contributed by atoms with van der Waals surface area (Å²) >= 11 is 12.9. The van der Waals surface area contributed by atoms with E-state index in [1.165, 1.54) is 24.3 Å². The molecule has 0 heterocycles. The van der Waals surface area contributed by atoms with E-state index in [0.29, 0.717) is 11.1 Å². The second kappa shape index (κ2) is 11.6. The highest BCUT2D eigenvalue weighted by Gasteiger charge is 2.19. The van der Waals surface area contributed by atoms with E-state index in [9.17, 15) is 29.4 Å². The van der Waals surface area contributed by atoms with Crippen molar-refractivity contribution in [1.29, 1.82) is 0 Å². The van der Waals surface area contributed by atoms with Gasteiger partial charge in [-0.3, -0.25) is 9.59 Å². The summed E-state index contributed by atoms with van der Waals surface area (Å²) in [7, 11) is 0. The SMILES string of the molecule is Cc1ccc(C(=O)O)c(C(=O)Nc2ccc(-c3ccc(NC(=O)c4cc(C)ccc4C(=O)O)c(Cl)c3)cc2Cl)c1. The molecule has 0 saturated heterocycles. The minimum Gasteiger partial charge on any atom is -0.478 e. The molecule has 2 amide bonds. The molecule has 4 aromatic rings. The first-order chi connectivity index (χ1) is 18.9. The van der Waals surface area contributed by atoms with Crippen molar-refractivity contribution in [1.82, 2.24) is 0 Å². The van der Waals surface area contributed by atoms with E-state index in [1.807, 2.05) is 0 Å². The zero-order valence-corrected chi connectivity index (χ0v) is 22.7. The molecule has 202 valence electrons. The van der Waals surface area contributed by atoms with Crippen LogP contribution in [0.15, 0.2) is 72.8 Å². The Bertz CT molecular complexity index is 1580. The summed E-state index contributed by atoms with van der Waals surface area (Å²) in [6.45, 7) is 3.50. The van der Waals surface area contributed by atoms with Crippen molar-refractivity contribution < 1.29 is 29.4 Å². The quantitative estimate of drug-likeness (QED) is 0.184. The molecule has 0 aliphatic carbocycles. The van der Waals surface area contributed by atoms with Gasteiger partial charge in [-0.1, -0.05) is 58.6 Å². The van der Waals surface area contributed by atoms with E-state index in [4.69, 9.17) is 23.2 Å². The molecule has 0 aromatic heterocycles. The van der Waals surface area contributed by atoms with Crippen LogP contribution in [-0.4, -0.2) is 34.0 Å². The average molecular weight is 577 g/mol. The number of nitrogens with one attached hydrogen (secondary N) is 2. The third-order valence-electron chi connectivity index (χ3n) is 6.07. The molecular weight excluding hydrogens is 555 g/mol. The fourth-order valence-electron chi connectivity index (χ4n) is 4.04. The number of amides is 2. The van der Waals surface area contributed by atoms with E-state index in [1.54, 1.807) is 62.4 Å².